The first-order valence-electron chi connectivity index (χ1n) is 5.24. The summed E-state index contributed by atoms with van der Waals surface area (Å²) < 4.78 is 13.0. The smallest absolute Gasteiger partial charge is 0.237 e. The van der Waals surface area contributed by atoms with E-state index in [4.69, 9.17) is 5.73 Å². The summed E-state index contributed by atoms with van der Waals surface area (Å²) in [5.41, 5.74) is 6.88. The van der Waals surface area contributed by atoms with Crippen molar-refractivity contribution in [2.24, 2.45) is 5.73 Å². The Labute approximate surface area is 107 Å². The van der Waals surface area contributed by atoms with Gasteiger partial charge in [0.1, 0.15) is 5.82 Å². The van der Waals surface area contributed by atoms with Gasteiger partial charge in [-0.15, -0.1) is 12.4 Å². The third-order valence-electron chi connectivity index (χ3n) is 2.45. The Morgan fingerprint density at radius 2 is 2.00 bits per heavy atom. The van der Waals surface area contributed by atoms with Crippen LogP contribution >= 0.6 is 12.4 Å². The normalized spacial score (nSPS) is 13.5. The van der Waals surface area contributed by atoms with E-state index >= 15 is 0 Å². The van der Waals surface area contributed by atoms with Crippen molar-refractivity contribution in [1.82, 2.24) is 5.32 Å². The van der Waals surface area contributed by atoms with Crippen molar-refractivity contribution in [3.8, 4) is 0 Å². The summed E-state index contributed by atoms with van der Waals surface area (Å²) in [4.78, 5) is 11.4. The maximum atomic E-state index is 13.0. The lowest BCUT2D eigenvalue weighted by molar-refractivity contribution is -0.122. The minimum absolute atomic E-state index is 0. The molecule has 1 rings (SSSR count). The van der Waals surface area contributed by atoms with Gasteiger partial charge in [0.2, 0.25) is 5.91 Å². The number of nitrogens with two attached hydrogens (primary N) is 1. The van der Waals surface area contributed by atoms with Gasteiger partial charge in [-0.2, -0.15) is 0 Å². The number of benzene rings is 1. The van der Waals surface area contributed by atoms with Gasteiger partial charge in [-0.1, -0.05) is 12.1 Å². The van der Waals surface area contributed by atoms with Crippen LogP contribution in [0, 0.1) is 12.7 Å². The van der Waals surface area contributed by atoms with E-state index in [1.807, 2.05) is 6.92 Å². The molecule has 0 aromatic heterocycles. The third kappa shape index (κ3) is 4.32. The number of hydrogen-bond donors (Lipinski definition) is 2. The Bertz CT molecular complexity index is 396. The van der Waals surface area contributed by atoms with E-state index in [1.54, 1.807) is 26.0 Å². The summed E-state index contributed by atoms with van der Waals surface area (Å²) in [6.07, 6.45) is 0. The molecule has 1 unspecified atom stereocenters. The van der Waals surface area contributed by atoms with Gasteiger partial charge in [0.25, 0.3) is 0 Å². The topological polar surface area (TPSA) is 55.1 Å². The maximum Gasteiger partial charge on any atom is 0.237 e. The molecule has 0 aliphatic carbocycles. The van der Waals surface area contributed by atoms with Crippen LogP contribution in [0.15, 0.2) is 18.2 Å². The minimum atomic E-state index is -0.538. The molecule has 3 N–H and O–H groups in total. The Kier molecular flexibility index (Phi) is 6.13. The van der Waals surface area contributed by atoms with Gasteiger partial charge in [-0.25, -0.2) is 4.39 Å². The van der Waals surface area contributed by atoms with E-state index in [0.717, 1.165) is 5.56 Å². The quantitative estimate of drug-likeness (QED) is 0.874. The second kappa shape index (κ2) is 6.57. The summed E-state index contributed by atoms with van der Waals surface area (Å²) >= 11 is 0. The Hall–Kier alpha value is -1.13. The standard InChI is InChI=1S/C12H17FN2O.ClH/c1-7-6-10(4-5-11(7)13)9(3)15-12(16)8(2)14;/h4-6,8-9H,14H2,1-3H3,(H,15,16);1H/t8-,9?;/m1./s1. The second-order valence-corrected chi connectivity index (χ2v) is 4.03. The minimum Gasteiger partial charge on any atom is -0.348 e. The average molecular weight is 261 g/mol. The van der Waals surface area contributed by atoms with Crippen molar-refractivity contribution < 1.29 is 9.18 Å². The second-order valence-electron chi connectivity index (χ2n) is 4.03. The fourth-order valence-corrected chi connectivity index (χ4v) is 1.37. The number of carbonyl (C=O) groups excluding carboxylic acids is 1. The highest BCUT2D eigenvalue weighted by Crippen LogP contribution is 2.16. The number of amides is 1. The Morgan fingerprint density at radius 1 is 1.41 bits per heavy atom. The molecular weight excluding hydrogens is 243 g/mol. The summed E-state index contributed by atoms with van der Waals surface area (Å²) in [5, 5.41) is 2.76. The van der Waals surface area contributed by atoms with E-state index in [1.165, 1.54) is 6.07 Å². The molecule has 0 saturated heterocycles. The summed E-state index contributed by atoms with van der Waals surface area (Å²) in [7, 11) is 0. The summed E-state index contributed by atoms with van der Waals surface area (Å²) in [5.74, 6) is -0.455. The lowest BCUT2D eigenvalue weighted by Gasteiger charge is -2.16. The molecule has 96 valence electrons. The van der Waals surface area contributed by atoms with Crippen molar-refractivity contribution in [2.45, 2.75) is 32.9 Å². The van der Waals surface area contributed by atoms with Crippen LogP contribution in [0.25, 0.3) is 0 Å². The molecule has 0 aliphatic heterocycles. The fourth-order valence-electron chi connectivity index (χ4n) is 1.37. The predicted octanol–water partition coefficient (Wildman–Crippen LogP) is 2.08. The van der Waals surface area contributed by atoms with Crippen LogP contribution in [-0.4, -0.2) is 11.9 Å². The zero-order valence-corrected chi connectivity index (χ0v) is 11.0. The van der Waals surface area contributed by atoms with Crippen molar-refractivity contribution in [3.63, 3.8) is 0 Å². The molecule has 0 bridgehead atoms. The Morgan fingerprint density at radius 3 is 2.47 bits per heavy atom. The number of nitrogens with one attached hydrogen (secondary N) is 1. The Balaban J connectivity index is 0.00000256. The van der Waals surface area contributed by atoms with Gasteiger partial charge >= 0.3 is 0 Å². The predicted molar refractivity (Wildman–Crippen MR) is 68.6 cm³/mol. The molecule has 17 heavy (non-hydrogen) atoms. The lowest BCUT2D eigenvalue weighted by Crippen LogP contribution is -2.39. The van der Waals surface area contributed by atoms with Gasteiger partial charge in [0.15, 0.2) is 0 Å². The highest BCUT2D eigenvalue weighted by Gasteiger charge is 2.13. The average Bonchev–Trinajstić information content (AvgIpc) is 2.21. The zero-order chi connectivity index (χ0) is 12.3. The molecular formula is C12H18ClFN2O. The summed E-state index contributed by atoms with van der Waals surface area (Å²) in [6.45, 7) is 5.16. The van der Waals surface area contributed by atoms with Crippen molar-refractivity contribution >= 4 is 18.3 Å². The van der Waals surface area contributed by atoms with Gasteiger partial charge in [0.05, 0.1) is 12.1 Å². The van der Waals surface area contributed by atoms with Crippen molar-refractivity contribution in [3.05, 3.63) is 35.1 Å². The van der Waals surface area contributed by atoms with Gasteiger partial charge in [-0.3, -0.25) is 4.79 Å². The first-order chi connectivity index (χ1) is 7.41. The molecule has 0 aliphatic rings. The molecule has 0 heterocycles. The van der Waals surface area contributed by atoms with Gasteiger partial charge in [-0.05, 0) is 38.0 Å². The maximum absolute atomic E-state index is 13.0. The van der Waals surface area contributed by atoms with Gasteiger partial charge < -0.3 is 11.1 Å². The molecule has 0 saturated carbocycles. The summed E-state index contributed by atoms with van der Waals surface area (Å²) in [6, 6.07) is 4.08. The number of carbonyl (C=O) groups is 1. The highest BCUT2D eigenvalue weighted by molar-refractivity contribution is 5.85. The number of rotatable bonds is 3. The van der Waals surface area contributed by atoms with Crippen LogP contribution in [-0.2, 0) is 4.79 Å². The molecule has 0 spiro atoms. The van der Waals surface area contributed by atoms with E-state index < -0.39 is 6.04 Å². The molecule has 5 heteroatoms. The third-order valence-corrected chi connectivity index (χ3v) is 2.45. The van der Waals surface area contributed by atoms with E-state index in [2.05, 4.69) is 5.32 Å². The first kappa shape index (κ1) is 15.9. The molecule has 0 fully saturated rings. The SMILES string of the molecule is Cc1cc(C(C)NC(=O)[C@@H](C)N)ccc1F.Cl. The number of aryl methyl sites for hydroxylation is 1. The number of halogens is 2. The van der Waals surface area contributed by atoms with Crippen LogP contribution in [0.2, 0.25) is 0 Å². The zero-order valence-electron chi connectivity index (χ0n) is 10.2. The van der Waals surface area contributed by atoms with Crippen molar-refractivity contribution in [1.29, 1.82) is 0 Å². The molecule has 1 amide bonds. The van der Waals surface area contributed by atoms with E-state index in [9.17, 15) is 9.18 Å². The monoisotopic (exact) mass is 260 g/mol. The van der Waals surface area contributed by atoms with E-state index in [0.29, 0.717) is 5.56 Å². The first-order valence-corrected chi connectivity index (χ1v) is 5.24. The van der Waals surface area contributed by atoms with E-state index in [-0.39, 0.29) is 30.2 Å². The van der Waals surface area contributed by atoms with Crippen LogP contribution in [0.5, 0.6) is 0 Å². The number of hydrogen-bond acceptors (Lipinski definition) is 2. The van der Waals surface area contributed by atoms with Crippen LogP contribution in [0.3, 0.4) is 0 Å². The largest absolute Gasteiger partial charge is 0.348 e. The molecule has 1 aromatic carbocycles. The fraction of sp³-hybridized carbons (Fsp3) is 0.417. The lowest BCUT2D eigenvalue weighted by atomic mass is 10.1. The molecule has 0 radical (unpaired) electrons. The van der Waals surface area contributed by atoms with Crippen LogP contribution in [0.4, 0.5) is 4.39 Å². The molecule has 3 nitrogen and oxygen atoms in total. The molecule has 2 atom stereocenters. The van der Waals surface area contributed by atoms with Crippen molar-refractivity contribution in [2.75, 3.05) is 0 Å². The van der Waals surface area contributed by atoms with Crippen LogP contribution < -0.4 is 11.1 Å². The van der Waals surface area contributed by atoms with Gasteiger partial charge in [0, 0.05) is 0 Å². The highest BCUT2D eigenvalue weighted by atomic mass is 35.5. The van der Waals surface area contributed by atoms with Crippen LogP contribution in [0.1, 0.15) is 31.0 Å². The molecule has 1 aromatic rings.